The minimum Gasteiger partial charge on any atom is -0.449 e. The molecule has 1 atom stereocenters. The van der Waals surface area contributed by atoms with E-state index in [2.05, 4.69) is 0 Å². The van der Waals surface area contributed by atoms with E-state index < -0.39 is 6.10 Å². The van der Waals surface area contributed by atoms with Gasteiger partial charge >= 0.3 is 0 Å². The van der Waals surface area contributed by atoms with Crippen LogP contribution in [0.5, 0.6) is 11.5 Å². The van der Waals surface area contributed by atoms with Crippen molar-refractivity contribution in [2.45, 2.75) is 32.3 Å². The number of carbonyl (C=O) groups is 1. The highest BCUT2D eigenvalue weighted by Crippen LogP contribution is 2.53. The molecule has 1 N–H and O–H groups in total. The molecule has 3 heteroatoms. The first-order valence-corrected chi connectivity index (χ1v) is 7.02. The molecule has 3 rings (SSSR count). The Bertz CT molecular complexity index is 696. The number of hydrogen-bond acceptors (Lipinski definition) is 3. The molecule has 0 saturated heterocycles. The lowest BCUT2D eigenvalue weighted by molar-refractivity contribution is 0.0745. The van der Waals surface area contributed by atoms with Crippen LogP contribution in [0.3, 0.4) is 0 Å². The Morgan fingerprint density at radius 1 is 1.10 bits per heavy atom. The first-order valence-electron chi connectivity index (χ1n) is 7.02. The number of fused-ring (bicyclic) bond motifs is 1. The van der Waals surface area contributed by atoms with Gasteiger partial charge in [0, 0.05) is 11.1 Å². The zero-order valence-corrected chi connectivity index (χ0v) is 12.4. The van der Waals surface area contributed by atoms with Gasteiger partial charge in [-0.05, 0) is 23.1 Å². The summed E-state index contributed by atoms with van der Waals surface area (Å²) in [6.07, 6.45) is -1.15. The molecule has 0 aromatic heterocycles. The fourth-order valence-corrected chi connectivity index (χ4v) is 2.62. The first-order chi connectivity index (χ1) is 9.89. The summed E-state index contributed by atoms with van der Waals surface area (Å²) in [5.41, 5.74) is 1.80. The number of aliphatic hydroxyl groups excluding tert-OH is 1. The maximum Gasteiger partial charge on any atom is 0.196 e. The number of aliphatic hydroxyl groups is 1. The summed E-state index contributed by atoms with van der Waals surface area (Å²) in [4.78, 5) is 12.7. The van der Waals surface area contributed by atoms with Gasteiger partial charge in [0.15, 0.2) is 17.3 Å². The predicted octanol–water partition coefficient (Wildman–Crippen LogP) is 4.01. The van der Waals surface area contributed by atoms with Crippen LogP contribution < -0.4 is 4.74 Å². The van der Waals surface area contributed by atoms with Crippen LogP contribution in [0.15, 0.2) is 42.5 Å². The van der Waals surface area contributed by atoms with Crippen LogP contribution in [0.25, 0.3) is 0 Å². The molecular formula is C18H18O3. The van der Waals surface area contributed by atoms with Crippen LogP contribution in [0.4, 0.5) is 0 Å². The maximum atomic E-state index is 12.7. The number of carbonyl (C=O) groups excluding carboxylic acids is 1. The number of ether oxygens (including phenoxy) is 1. The molecule has 1 aliphatic heterocycles. The van der Waals surface area contributed by atoms with Gasteiger partial charge in [-0.3, -0.25) is 4.79 Å². The Balaban J connectivity index is 2.02. The molecular weight excluding hydrogens is 264 g/mol. The molecule has 0 spiro atoms. The zero-order chi connectivity index (χ0) is 15.2. The normalized spacial score (nSPS) is 14.1. The third-order valence-electron chi connectivity index (χ3n) is 3.67. The molecule has 1 heterocycles. The van der Waals surface area contributed by atoms with Gasteiger partial charge in [0.25, 0.3) is 0 Å². The lowest BCUT2D eigenvalue weighted by atomic mass is 9.81. The van der Waals surface area contributed by atoms with E-state index >= 15 is 0 Å². The van der Waals surface area contributed by atoms with Crippen LogP contribution in [0.1, 0.15) is 48.4 Å². The summed E-state index contributed by atoms with van der Waals surface area (Å²) < 4.78 is 5.44. The predicted molar refractivity (Wildman–Crippen MR) is 80.9 cm³/mol. The lowest BCUT2D eigenvalue weighted by Crippen LogP contribution is -2.20. The van der Waals surface area contributed by atoms with Crippen LogP contribution in [0.2, 0.25) is 0 Å². The van der Waals surface area contributed by atoms with Gasteiger partial charge < -0.3 is 9.84 Å². The van der Waals surface area contributed by atoms with E-state index in [4.69, 9.17) is 4.74 Å². The minimum atomic E-state index is -1.15. The van der Waals surface area contributed by atoms with Gasteiger partial charge in [-0.1, -0.05) is 51.1 Å². The monoisotopic (exact) mass is 282 g/mol. The molecule has 0 amide bonds. The van der Waals surface area contributed by atoms with Crippen LogP contribution in [0, 0.1) is 0 Å². The Kier molecular flexibility index (Phi) is 3.10. The highest BCUT2D eigenvalue weighted by atomic mass is 16.6. The van der Waals surface area contributed by atoms with Gasteiger partial charge in [0.2, 0.25) is 0 Å². The molecule has 0 radical (unpaired) electrons. The van der Waals surface area contributed by atoms with Gasteiger partial charge in [0.1, 0.15) is 6.10 Å². The largest absolute Gasteiger partial charge is 0.449 e. The molecule has 21 heavy (non-hydrogen) atoms. The van der Waals surface area contributed by atoms with Gasteiger partial charge in [-0.15, -0.1) is 0 Å². The molecule has 0 aliphatic carbocycles. The smallest absolute Gasteiger partial charge is 0.196 e. The van der Waals surface area contributed by atoms with Crippen molar-refractivity contribution in [3.8, 4) is 11.5 Å². The van der Waals surface area contributed by atoms with Gasteiger partial charge in [0.05, 0.1) is 0 Å². The molecule has 1 unspecified atom stereocenters. The van der Waals surface area contributed by atoms with Crippen molar-refractivity contribution in [3.63, 3.8) is 0 Å². The Morgan fingerprint density at radius 2 is 1.76 bits per heavy atom. The number of hydrogen-bond donors (Lipinski definition) is 1. The van der Waals surface area contributed by atoms with E-state index in [0.717, 1.165) is 17.1 Å². The topological polar surface area (TPSA) is 49.8 Å². The quantitative estimate of drug-likeness (QED) is 0.583. The number of Topliss-reactive ketones (excluding diaryl/α,β-unsaturated/α-hetero) is 1. The molecule has 1 aliphatic rings. The Labute approximate surface area is 124 Å². The van der Waals surface area contributed by atoms with Crippen molar-refractivity contribution in [3.05, 3.63) is 59.2 Å². The highest BCUT2D eigenvalue weighted by Gasteiger charge is 2.36. The van der Waals surface area contributed by atoms with Crippen molar-refractivity contribution in [2.24, 2.45) is 0 Å². The van der Waals surface area contributed by atoms with Crippen molar-refractivity contribution in [2.75, 3.05) is 0 Å². The molecule has 2 aromatic carbocycles. The van der Waals surface area contributed by atoms with Crippen molar-refractivity contribution in [1.29, 1.82) is 0 Å². The van der Waals surface area contributed by atoms with Crippen LogP contribution in [-0.4, -0.2) is 10.9 Å². The van der Waals surface area contributed by atoms with E-state index in [1.165, 1.54) is 0 Å². The average Bonchev–Trinajstić information content (AvgIpc) is 3.23. The SMILES string of the molecule is CC(C)(C)c1c(C(=O)C(O)c2ccccc2)ccc2c1O2. The summed E-state index contributed by atoms with van der Waals surface area (Å²) in [7, 11) is 0. The van der Waals surface area contributed by atoms with E-state index in [1.54, 1.807) is 24.3 Å². The van der Waals surface area contributed by atoms with Crippen molar-refractivity contribution < 1.29 is 14.6 Å². The van der Waals surface area contributed by atoms with E-state index in [9.17, 15) is 9.90 Å². The third kappa shape index (κ3) is 2.45. The lowest BCUT2D eigenvalue weighted by Gasteiger charge is -2.21. The standard InChI is InChI=1S/C18H18O3/c1-18(2,3)14-12(9-10-13-17(14)21-13)16(20)15(19)11-7-5-4-6-8-11/h4-10,15,19H,1-3H3. The van der Waals surface area contributed by atoms with Crippen LogP contribution in [-0.2, 0) is 5.41 Å². The van der Waals surface area contributed by atoms with Crippen LogP contribution >= 0.6 is 0 Å². The third-order valence-corrected chi connectivity index (χ3v) is 3.67. The zero-order valence-electron chi connectivity index (χ0n) is 12.4. The Morgan fingerprint density at radius 3 is 2.38 bits per heavy atom. The second-order valence-corrected chi connectivity index (χ2v) is 6.34. The summed E-state index contributed by atoms with van der Waals surface area (Å²) in [6.45, 7) is 6.11. The highest BCUT2D eigenvalue weighted by molar-refractivity contribution is 6.02. The van der Waals surface area contributed by atoms with E-state index in [-0.39, 0.29) is 11.2 Å². The fraction of sp³-hybridized carbons (Fsp3) is 0.278. The van der Waals surface area contributed by atoms with Gasteiger partial charge in [-0.25, -0.2) is 0 Å². The second kappa shape index (κ2) is 4.71. The van der Waals surface area contributed by atoms with E-state index in [0.29, 0.717) is 11.1 Å². The summed E-state index contributed by atoms with van der Waals surface area (Å²) in [5.74, 6) is 1.32. The number of rotatable bonds is 3. The number of ketones is 1. The average molecular weight is 282 g/mol. The minimum absolute atomic E-state index is 0.219. The second-order valence-electron chi connectivity index (χ2n) is 6.34. The summed E-state index contributed by atoms with van der Waals surface area (Å²) >= 11 is 0. The van der Waals surface area contributed by atoms with Gasteiger partial charge in [-0.2, -0.15) is 0 Å². The van der Waals surface area contributed by atoms with Crippen molar-refractivity contribution >= 4 is 5.78 Å². The molecule has 0 saturated carbocycles. The molecule has 3 nitrogen and oxygen atoms in total. The fourth-order valence-electron chi connectivity index (χ4n) is 2.62. The molecule has 0 bridgehead atoms. The molecule has 2 aromatic rings. The summed E-state index contributed by atoms with van der Waals surface area (Å²) in [5, 5.41) is 10.4. The van der Waals surface area contributed by atoms with Crippen molar-refractivity contribution in [1.82, 2.24) is 0 Å². The maximum absolute atomic E-state index is 12.7. The molecule has 108 valence electrons. The first kappa shape index (κ1) is 13.8. The summed E-state index contributed by atoms with van der Waals surface area (Å²) in [6, 6.07) is 12.5. The van der Waals surface area contributed by atoms with E-state index in [1.807, 2.05) is 39.0 Å². The number of benzene rings is 2. The molecule has 0 fully saturated rings. The Hall–Kier alpha value is -2.13.